The summed E-state index contributed by atoms with van der Waals surface area (Å²) in [5.41, 5.74) is -0.947. The van der Waals surface area contributed by atoms with Crippen LogP contribution < -0.4 is 19.8 Å². The minimum absolute atomic E-state index is 0.0220. The molecule has 2 rings (SSSR count). The number of ether oxygens (including phenoxy) is 1. The van der Waals surface area contributed by atoms with Gasteiger partial charge in [-0.15, -0.1) is 0 Å². The van der Waals surface area contributed by atoms with Gasteiger partial charge in [-0.25, -0.2) is 4.98 Å². The van der Waals surface area contributed by atoms with E-state index in [2.05, 4.69) is 15.3 Å². The molecule has 25 heavy (non-hydrogen) atoms. The summed E-state index contributed by atoms with van der Waals surface area (Å²) >= 11 is 5.54. The number of aromatic nitrogens is 2. The minimum Gasteiger partial charge on any atom is -0.810 e. The fourth-order valence-corrected chi connectivity index (χ4v) is 2.73. The molecule has 1 heterocycles. The first-order valence-corrected chi connectivity index (χ1v) is 8.65. The van der Waals surface area contributed by atoms with E-state index in [0.29, 0.717) is 6.20 Å². The van der Waals surface area contributed by atoms with Crippen molar-refractivity contribution in [3.63, 3.8) is 0 Å². The molecule has 0 unspecified atom stereocenters. The molecule has 0 amide bonds. The highest BCUT2D eigenvalue weighted by Crippen LogP contribution is 2.38. The van der Waals surface area contributed by atoms with Gasteiger partial charge in [0.2, 0.25) is 5.28 Å². The van der Waals surface area contributed by atoms with Gasteiger partial charge >= 0.3 is 6.18 Å². The van der Waals surface area contributed by atoms with Crippen molar-refractivity contribution in [3.05, 3.63) is 40.8 Å². The number of hydrogen-bond acceptors (Lipinski definition) is 7. The summed E-state index contributed by atoms with van der Waals surface area (Å²) < 4.78 is 54.9. The number of benzene rings is 1. The monoisotopic (exact) mass is 395 g/mol. The molecular formula is C13H10ClF3N3O4P-2. The molecule has 12 heteroatoms. The van der Waals surface area contributed by atoms with Crippen molar-refractivity contribution in [2.45, 2.75) is 12.3 Å². The number of nitrogens with zero attached hydrogens (tertiary/aromatic N) is 2. The number of rotatable bonds is 5. The zero-order chi connectivity index (χ0) is 18.8. The van der Waals surface area contributed by atoms with Gasteiger partial charge in [-0.2, -0.15) is 18.2 Å². The Hall–Kier alpha value is -1.87. The predicted octanol–water partition coefficient (Wildman–Crippen LogP) is 2.31. The van der Waals surface area contributed by atoms with Crippen LogP contribution in [-0.4, -0.2) is 17.1 Å². The van der Waals surface area contributed by atoms with Crippen LogP contribution in [0.5, 0.6) is 5.75 Å². The Labute approximate surface area is 145 Å². The van der Waals surface area contributed by atoms with Crippen molar-refractivity contribution < 1.29 is 32.3 Å². The van der Waals surface area contributed by atoms with Crippen LogP contribution in [0, 0.1) is 0 Å². The summed E-state index contributed by atoms with van der Waals surface area (Å²) in [4.78, 5) is 28.5. The Morgan fingerprint density at radius 1 is 1.36 bits per heavy atom. The maximum absolute atomic E-state index is 13.0. The van der Waals surface area contributed by atoms with Gasteiger partial charge in [-0.05, 0) is 29.3 Å². The number of anilines is 2. The van der Waals surface area contributed by atoms with Crippen LogP contribution in [0.3, 0.4) is 0 Å². The molecular weight excluding hydrogens is 386 g/mol. The number of halogens is 4. The standard InChI is InChI=1S/C13H12ClF3N3O4P/c1-24-10-4-7(6-25(21,22)23)2-3-9(10)19-11-8(13(15,16)17)5-18-12(14)20-11/h2-5H,6H2,1H3,(H,18,19,20)(H2,21,22,23)/p-2. The third-order valence-electron chi connectivity index (χ3n) is 2.96. The Morgan fingerprint density at radius 2 is 2.04 bits per heavy atom. The van der Waals surface area contributed by atoms with Gasteiger partial charge in [-0.3, -0.25) is 0 Å². The normalized spacial score (nSPS) is 12.1. The third-order valence-corrected chi connectivity index (χ3v) is 3.89. The van der Waals surface area contributed by atoms with Gasteiger partial charge in [0.1, 0.15) is 17.1 Å². The summed E-state index contributed by atoms with van der Waals surface area (Å²) in [6.45, 7) is 0. The van der Waals surface area contributed by atoms with Crippen molar-refractivity contribution in [1.82, 2.24) is 9.97 Å². The molecule has 1 aromatic carbocycles. The molecule has 0 atom stereocenters. The third kappa shape index (κ3) is 5.30. The SMILES string of the molecule is COc1cc(CP(=O)([O-])[O-])ccc1Nc1nc(Cl)ncc1C(F)(F)F. The molecule has 136 valence electrons. The van der Waals surface area contributed by atoms with Gasteiger partial charge in [-0.1, -0.05) is 13.7 Å². The van der Waals surface area contributed by atoms with Crippen LogP contribution in [0.4, 0.5) is 24.7 Å². The quantitative estimate of drug-likeness (QED) is 0.611. The van der Waals surface area contributed by atoms with Crippen molar-refractivity contribution in [1.29, 1.82) is 0 Å². The number of alkyl halides is 3. The topological polar surface area (TPSA) is 110 Å². The van der Waals surface area contributed by atoms with E-state index in [-0.39, 0.29) is 17.0 Å². The first-order valence-electron chi connectivity index (χ1n) is 6.54. The highest BCUT2D eigenvalue weighted by atomic mass is 35.5. The fourth-order valence-electron chi connectivity index (χ4n) is 1.95. The van der Waals surface area contributed by atoms with Crippen LogP contribution in [0.15, 0.2) is 24.4 Å². The van der Waals surface area contributed by atoms with E-state index in [9.17, 15) is 27.5 Å². The van der Waals surface area contributed by atoms with Crippen LogP contribution in [-0.2, 0) is 16.9 Å². The second-order valence-electron chi connectivity index (χ2n) is 4.83. The van der Waals surface area contributed by atoms with E-state index in [4.69, 9.17) is 16.3 Å². The summed E-state index contributed by atoms with van der Waals surface area (Å²) in [5, 5.41) is 2.03. The van der Waals surface area contributed by atoms with Crippen LogP contribution in [0.2, 0.25) is 5.28 Å². The highest BCUT2D eigenvalue weighted by molar-refractivity contribution is 7.47. The lowest BCUT2D eigenvalue weighted by Gasteiger charge is -2.29. The van der Waals surface area contributed by atoms with Gasteiger partial charge in [0.15, 0.2) is 0 Å². The summed E-state index contributed by atoms with van der Waals surface area (Å²) in [5.74, 6) is -0.578. The first kappa shape index (κ1) is 19.5. The molecule has 1 N–H and O–H groups in total. The summed E-state index contributed by atoms with van der Waals surface area (Å²) in [7, 11) is -3.57. The van der Waals surface area contributed by atoms with E-state index in [1.807, 2.05) is 0 Å². The number of methoxy groups -OCH3 is 1. The predicted molar refractivity (Wildman–Crippen MR) is 79.6 cm³/mol. The van der Waals surface area contributed by atoms with E-state index >= 15 is 0 Å². The van der Waals surface area contributed by atoms with Crippen LogP contribution >= 0.6 is 19.2 Å². The molecule has 0 aliphatic heterocycles. The Balaban J connectivity index is 2.41. The zero-order valence-corrected chi connectivity index (χ0v) is 14.2. The van der Waals surface area contributed by atoms with Crippen molar-refractivity contribution in [2.75, 3.05) is 12.4 Å². The fraction of sp³-hybridized carbons (Fsp3) is 0.231. The maximum Gasteiger partial charge on any atom is 0.421 e. The minimum atomic E-state index is -4.80. The smallest absolute Gasteiger partial charge is 0.421 e. The number of nitrogens with one attached hydrogen (secondary N) is 1. The molecule has 0 aliphatic rings. The molecule has 0 bridgehead atoms. The Kier molecular flexibility index (Phi) is 5.58. The van der Waals surface area contributed by atoms with Crippen LogP contribution in [0.1, 0.15) is 11.1 Å². The molecule has 1 aromatic heterocycles. The largest absolute Gasteiger partial charge is 0.810 e. The average Bonchev–Trinajstić information content (AvgIpc) is 2.46. The molecule has 0 fully saturated rings. The van der Waals surface area contributed by atoms with Crippen LogP contribution in [0.25, 0.3) is 0 Å². The van der Waals surface area contributed by atoms with E-state index in [1.54, 1.807) is 0 Å². The van der Waals surface area contributed by atoms with Gasteiger partial charge in [0.25, 0.3) is 0 Å². The lowest BCUT2D eigenvalue weighted by atomic mass is 10.2. The van der Waals surface area contributed by atoms with Crippen molar-refractivity contribution in [3.8, 4) is 5.75 Å². The van der Waals surface area contributed by atoms with Crippen molar-refractivity contribution in [2.24, 2.45) is 0 Å². The molecule has 7 nitrogen and oxygen atoms in total. The number of hydrogen-bond donors (Lipinski definition) is 1. The Morgan fingerprint density at radius 3 is 2.60 bits per heavy atom. The van der Waals surface area contributed by atoms with Gasteiger partial charge in [0, 0.05) is 12.4 Å². The molecule has 0 spiro atoms. The second kappa shape index (κ2) is 7.17. The zero-order valence-electron chi connectivity index (χ0n) is 12.5. The molecule has 2 aromatic rings. The van der Waals surface area contributed by atoms with E-state index < -0.39 is 36.6 Å². The first-order chi connectivity index (χ1) is 11.5. The van der Waals surface area contributed by atoms with Gasteiger partial charge in [0.05, 0.1) is 12.8 Å². The van der Waals surface area contributed by atoms with Crippen molar-refractivity contribution >= 4 is 30.7 Å². The van der Waals surface area contributed by atoms with E-state index in [0.717, 1.165) is 0 Å². The summed E-state index contributed by atoms with van der Waals surface area (Å²) in [6, 6.07) is 3.75. The van der Waals surface area contributed by atoms with Gasteiger partial charge < -0.3 is 24.4 Å². The summed E-state index contributed by atoms with van der Waals surface area (Å²) in [6.07, 6.45) is -4.95. The average molecular weight is 396 g/mol. The Bertz CT molecular complexity index is 829. The molecule has 0 saturated carbocycles. The lowest BCUT2D eigenvalue weighted by Crippen LogP contribution is -2.15. The molecule has 0 radical (unpaired) electrons. The second-order valence-corrected chi connectivity index (χ2v) is 6.70. The lowest BCUT2D eigenvalue weighted by molar-refractivity contribution is -0.314. The van der Waals surface area contributed by atoms with E-state index in [1.165, 1.54) is 25.3 Å². The molecule has 0 saturated heterocycles. The highest BCUT2D eigenvalue weighted by Gasteiger charge is 2.35. The molecule has 0 aliphatic carbocycles. The maximum atomic E-state index is 13.0.